The van der Waals surface area contributed by atoms with Crippen LogP contribution in [0.1, 0.15) is 12.8 Å². The molecule has 0 radical (unpaired) electrons. The summed E-state index contributed by atoms with van der Waals surface area (Å²) in [7, 11) is 0. The van der Waals surface area contributed by atoms with Crippen molar-refractivity contribution in [3.8, 4) is 0 Å². The summed E-state index contributed by atoms with van der Waals surface area (Å²) in [6.07, 6.45) is 6.45. The summed E-state index contributed by atoms with van der Waals surface area (Å²) in [4.78, 5) is 27.2. The number of nitrogens with zero attached hydrogens (tertiary/aromatic N) is 4. The molecule has 0 saturated heterocycles. The van der Waals surface area contributed by atoms with Gasteiger partial charge in [-0.25, -0.2) is 13.9 Å². The fourth-order valence-corrected chi connectivity index (χ4v) is 1.66. The van der Waals surface area contributed by atoms with E-state index in [9.17, 15) is 9.59 Å². The zero-order chi connectivity index (χ0) is 11.1. The van der Waals surface area contributed by atoms with Crippen molar-refractivity contribution in [2.24, 2.45) is 5.92 Å². The lowest BCUT2D eigenvalue weighted by Crippen LogP contribution is -2.25. The molecule has 0 N–H and O–H groups in total. The highest BCUT2D eigenvalue weighted by atomic mass is 16.2. The Morgan fingerprint density at radius 3 is 3.00 bits per heavy atom. The number of Topliss-reactive ketones (excluding diaryl/α,β-unsaturated/α-hetero) is 1. The van der Waals surface area contributed by atoms with E-state index in [1.165, 1.54) is 21.5 Å². The average molecular weight is 218 g/mol. The Hall–Kier alpha value is -1.98. The van der Waals surface area contributed by atoms with E-state index >= 15 is 0 Å². The fraction of sp³-hybridized carbons (Fsp3) is 0.400. The molecule has 0 unspecified atom stereocenters. The number of rotatable bonds is 3. The standard InChI is InChI=1S/C10H10N4O2/c15-8(7-1-2-7)6-14-10(16)13-4-3-11-5-9(13)12-14/h3-5,7H,1-2,6H2. The molecule has 16 heavy (non-hydrogen) atoms. The maximum Gasteiger partial charge on any atom is 0.350 e. The van der Waals surface area contributed by atoms with Crippen molar-refractivity contribution in [2.75, 3.05) is 0 Å². The number of fused-ring (bicyclic) bond motifs is 1. The van der Waals surface area contributed by atoms with Gasteiger partial charge in [-0.3, -0.25) is 9.78 Å². The van der Waals surface area contributed by atoms with Gasteiger partial charge in [-0.15, -0.1) is 5.10 Å². The zero-order valence-corrected chi connectivity index (χ0v) is 8.54. The van der Waals surface area contributed by atoms with Crippen molar-refractivity contribution in [3.63, 3.8) is 0 Å². The number of ketones is 1. The van der Waals surface area contributed by atoms with Crippen molar-refractivity contribution in [1.82, 2.24) is 19.2 Å². The zero-order valence-electron chi connectivity index (χ0n) is 8.54. The van der Waals surface area contributed by atoms with Gasteiger partial charge in [0.15, 0.2) is 11.4 Å². The minimum absolute atomic E-state index is 0.0746. The van der Waals surface area contributed by atoms with E-state index in [1.54, 1.807) is 6.20 Å². The van der Waals surface area contributed by atoms with Crippen LogP contribution in [0.4, 0.5) is 0 Å². The second kappa shape index (κ2) is 3.26. The van der Waals surface area contributed by atoms with Gasteiger partial charge >= 0.3 is 5.69 Å². The molecule has 1 saturated carbocycles. The summed E-state index contributed by atoms with van der Waals surface area (Å²) in [6.45, 7) is 0.0746. The van der Waals surface area contributed by atoms with Gasteiger partial charge in [-0.05, 0) is 12.8 Å². The molecular formula is C10H10N4O2. The molecule has 0 bridgehead atoms. The summed E-state index contributed by atoms with van der Waals surface area (Å²) in [5.74, 6) is 0.244. The normalized spacial score (nSPS) is 15.5. The minimum atomic E-state index is -0.286. The molecule has 0 atom stereocenters. The van der Waals surface area contributed by atoms with E-state index < -0.39 is 0 Å². The van der Waals surface area contributed by atoms with Crippen LogP contribution in [-0.4, -0.2) is 24.9 Å². The monoisotopic (exact) mass is 218 g/mol. The van der Waals surface area contributed by atoms with Gasteiger partial charge in [0.25, 0.3) is 0 Å². The third-order valence-corrected chi connectivity index (χ3v) is 2.73. The second-order valence-electron chi connectivity index (χ2n) is 3.99. The maximum atomic E-state index is 11.8. The molecule has 0 amide bonds. The lowest BCUT2D eigenvalue weighted by atomic mass is 10.3. The Kier molecular flexibility index (Phi) is 1.89. The first-order valence-corrected chi connectivity index (χ1v) is 5.17. The second-order valence-corrected chi connectivity index (χ2v) is 3.99. The van der Waals surface area contributed by atoms with Crippen molar-refractivity contribution >= 4 is 11.4 Å². The molecule has 2 aromatic heterocycles. The highest BCUT2D eigenvalue weighted by molar-refractivity contribution is 5.82. The molecule has 3 rings (SSSR count). The third kappa shape index (κ3) is 1.42. The third-order valence-electron chi connectivity index (χ3n) is 2.73. The van der Waals surface area contributed by atoms with Gasteiger partial charge in [-0.2, -0.15) is 0 Å². The molecule has 1 aliphatic rings. The Bertz CT molecular complexity index is 609. The van der Waals surface area contributed by atoms with E-state index in [0.29, 0.717) is 5.65 Å². The topological polar surface area (TPSA) is 69.3 Å². The van der Waals surface area contributed by atoms with Crippen molar-refractivity contribution in [3.05, 3.63) is 29.1 Å². The highest BCUT2D eigenvalue weighted by Crippen LogP contribution is 2.29. The molecule has 2 aromatic rings. The number of hydrogen-bond acceptors (Lipinski definition) is 4. The Morgan fingerprint density at radius 1 is 1.50 bits per heavy atom. The molecule has 2 heterocycles. The Balaban J connectivity index is 2.00. The molecule has 1 fully saturated rings. The summed E-state index contributed by atoms with van der Waals surface area (Å²) in [5, 5.41) is 4.05. The van der Waals surface area contributed by atoms with Gasteiger partial charge in [0.05, 0.1) is 6.20 Å². The molecule has 1 aliphatic carbocycles. The molecule has 0 aliphatic heterocycles. The number of aromatic nitrogens is 4. The first-order valence-electron chi connectivity index (χ1n) is 5.17. The Morgan fingerprint density at radius 2 is 2.31 bits per heavy atom. The van der Waals surface area contributed by atoms with Gasteiger partial charge in [0.1, 0.15) is 6.54 Å². The van der Waals surface area contributed by atoms with Gasteiger partial charge in [-0.1, -0.05) is 0 Å². The lowest BCUT2D eigenvalue weighted by Gasteiger charge is -1.95. The van der Waals surface area contributed by atoms with Crippen LogP contribution < -0.4 is 5.69 Å². The van der Waals surface area contributed by atoms with E-state index in [1.807, 2.05) is 0 Å². The van der Waals surface area contributed by atoms with Crippen LogP contribution in [-0.2, 0) is 11.3 Å². The number of hydrogen-bond donors (Lipinski definition) is 0. The predicted octanol–water partition coefficient (Wildman–Crippen LogP) is -0.130. The number of carbonyl (C=O) groups is 1. The van der Waals surface area contributed by atoms with E-state index in [4.69, 9.17) is 0 Å². The first-order chi connectivity index (χ1) is 7.75. The van der Waals surface area contributed by atoms with Gasteiger partial charge in [0, 0.05) is 18.3 Å². The van der Waals surface area contributed by atoms with Crippen LogP contribution in [0.5, 0.6) is 0 Å². The molecular weight excluding hydrogens is 208 g/mol. The first kappa shape index (κ1) is 9.26. The Labute approximate surface area is 90.5 Å². The summed E-state index contributed by atoms with van der Waals surface area (Å²) >= 11 is 0. The van der Waals surface area contributed by atoms with Crippen LogP contribution in [0, 0.1) is 5.92 Å². The van der Waals surface area contributed by atoms with Crippen LogP contribution in [0.2, 0.25) is 0 Å². The van der Waals surface area contributed by atoms with Crippen LogP contribution in [0.3, 0.4) is 0 Å². The van der Waals surface area contributed by atoms with Crippen molar-refractivity contribution in [2.45, 2.75) is 19.4 Å². The van der Waals surface area contributed by atoms with Gasteiger partial charge in [0.2, 0.25) is 0 Å². The van der Waals surface area contributed by atoms with Crippen LogP contribution >= 0.6 is 0 Å². The molecule has 82 valence electrons. The predicted molar refractivity (Wildman–Crippen MR) is 55.0 cm³/mol. The average Bonchev–Trinajstić information content (AvgIpc) is 3.08. The molecule has 0 aromatic carbocycles. The van der Waals surface area contributed by atoms with Crippen molar-refractivity contribution < 1.29 is 4.79 Å². The van der Waals surface area contributed by atoms with E-state index in [2.05, 4.69) is 10.1 Å². The quantitative estimate of drug-likeness (QED) is 0.719. The van der Waals surface area contributed by atoms with E-state index in [0.717, 1.165) is 12.8 Å². The van der Waals surface area contributed by atoms with Crippen LogP contribution in [0.25, 0.3) is 5.65 Å². The highest BCUT2D eigenvalue weighted by Gasteiger charge is 2.30. The fourth-order valence-electron chi connectivity index (χ4n) is 1.66. The summed E-state index contributed by atoms with van der Waals surface area (Å²) in [6, 6.07) is 0. The van der Waals surface area contributed by atoms with Gasteiger partial charge < -0.3 is 0 Å². The SMILES string of the molecule is O=C(Cn1nc2cnccn2c1=O)C1CC1. The lowest BCUT2D eigenvalue weighted by molar-refractivity contribution is -0.121. The molecule has 0 spiro atoms. The minimum Gasteiger partial charge on any atom is -0.297 e. The number of carbonyl (C=O) groups excluding carboxylic acids is 1. The summed E-state index contributed by atoms with van der Waals surface area (Å²) < 4.78 is 2.59. The summed E-state index contributed by atoms with van der Waals surface area (Å²) in [5.41, 5.74) is 0.183. The largest absolute Gasteiger partial charge is 0.350 e. The smallest absolute Gasteiger partial charge is 0.297 e. The molecule has 6 nitrogen and oxygen atoms in total. The molecule has 6 heteroatoms. The van der Waals surface area contributed by atoms with E-state index in [-0.39, 0.29) is 23.9 Å². The van der Waals surface area contributed by atoms with Crippen molar-refractivity contribution in [1.29, 1.82) is 0 Å². The maximum absolute atomic E-state index is 11.8. The van der Waals surface area contributed by atoms with Crippen LogP contribution in [0.15, 0.2) is 23.4 Å².